The molecule has 0 unspecified atom stereocenters. The van der Waals surface area contributed by atoms with Crippen LogP contribution < -0.4 is 0 Å². The van der Waals surface area contributed by atoms with Crippen molar-refractivity contribution in [2.24, 2.45) is 5.92 Å². The second-order valence-electron chi connectivity index (χ2n) is 8.26. The first-order valence-corrected chi connectivity index (χ1v) is 12.8. The summed E-state index contributed by atoms with van der Waals surface area (Å²) < 4.78 is 13.1. The lowest BCUT2D eigenvalue weighted by atomic mass is 9.93. The molecule has 2 heteroatoms. The fraction of sp³-hybridized carbons (Fsp3) is 0.714. The van der Waals surface area contributed by atoms with Crippen LogP contribution >= 0.6 is 0 Å². The van der Waals surface area contributed by atoms with Gasteiger partial charge in [-0.1, -0.05) is 81.8 Å². The van der Waals surface area contributed by atoms with Crippen LogP contribution in [0.2, 0.25) is 24.2 Å². The molecule has 2 heterocycles. The number of rotatable bonds is 5. The maximum absolute atomic E-state index is 13.1. The first kappa shape index (κ1) is 17.2. The van der Waals surface area contributed by atoms with E-state index in [4.69, 9.17) is 0 Å². The van der Waals surface area contributed by atoms with Gasteiger partial charge >= 0.3 is 0 Å². The molecule has 1 aromatic rings. The molecular weight excluding hydrogens is 299 g/mol. The lowest BCUT2D eigenvalue weighted by Gasteiger charge is -2.43. The molecule has 128 valence electrons. The Morgan fingerprint density at radius 1 is 0.913 bits per heavy atom. The largest absolute Gasteiger partial charge is 0.207 e. The van der Waals surface area contributed by atoms with Gasteiger partial charge in [-0.15, -0.1) is 0 Å². The Bertz CT molecular complexity index is 463. The van der Waals surface area contributed by atoms with Crippen LogP contribution in [0.4, 0.5) is 4.39 Å². The molecule has 0 aliphatic carbocycles. The number of halogens is 1. The second kappa shape index (κ2) is 7.96. The van der Waals surface area contributed by atoms with Gasteiger partial charge in [-0.3, -0.25) is 0 Å². The summed E-state index contributed by atoms with van der Waals surface area (Å²) in [5.74, 6) is 1.65. The summed E-state index contributed by atoms with van der Waals surface area (Å²) in [6.07, 6.45) is 11.6. The maximum Gasteiger partial charge on any atom is 0.123 e. The predicted octanol–water partition coefficient (Wildman–Crippen LogP) is 7.14. The Hall–Kier alpha value is -0.633. The van der Waals surface area contributed by atoms with Crippen molar-refractivity contribution in [1.82, 2.24) is 0 Å². The highest BCUT2D eigenvalue weighted by molar-refractivity contribution is 6.80. The van der Waals surface area contributed by atoms with Crippen LogP contribution in [-0.4, -0.2) is 8.07 Å². The van der Waals surface area contributed by atoms with E-state index in [-0.39, 0.29) is 5.82 Å². The summed E-state index contributed by atoms with van der Waals surface area (Å²) in [5, 5.41) is 0. The third-order valence-corrected chi connectivity index (χ3v) is 12.2. The average Bonchev–Trinajstić information content (AvgIpc) is 2.59. The Labute approximate surface area is 142 Å². The molecule has 23 heavy (non-hydrogen) atoms. The summed E-state index contributed by atoms with van der Waals surface area (Å²) in [6.45, 7) is 2.31. The molecule has 0 atom stereocenters. The zero-order chi connectivity index (χ0) is 16.1. The third kappa shape index (κ3) is 4.46. The number of hydrogen-bond acceptors (Lipinski definition) is 0. The molecule has 0 bridgehead atoms. The van der Waals surface area contributed by atoms with Gasteiger partial charge in [-0.05, 0) is 42.4 Å². The highest BCUT2D eigenvalue weighted by atomic mass is 28.3. The van der Waals surface area contributed by atoms with Crippen molar-refractivity contribution >= 4 is 8.07 Å². The van der Waals surface area contributed by atoms with E-state index in [1.54, 1.807) is 24.2 Å². The van der Waals surface area contributed by atoms with Gasteiger partial charge < -0.3 is 0 Å². The van der Waals surface area contributed by atoms with Crippen molar-refractivity contribution < 1.29 is 4.39 Å². The summed E-state index contributed by atoms with van der Waals surface area (Å²) in [6, 6.07) is 13.6. The fourth-order valence-corrected chi connectivity index (χ4v) is 10.5. The third-order valence-electron chi connectivity index (χ3n) is 6.77. The summed E-state index contributed by atoms with van der Waals surface area (Å²) in [4.78, 5) is 0. The van der Waals surface area contributed by atoms with Crippen molar-refractivity contribution in [3.05, 3.63) is 35.6 Å². The van der Waals surface area contributed by atoms with Gasteiger partial charge in [0.05, 0.1) is 8.07 Å². The van der Waals surface area contributed by atoms with Gasteiger partial charge in [-0.2, -0.15) is 0 Å². The molecular formula is C21H33FSi. The standard InChI is InChI=1S/C21H33FSi/c1-2-3-4-5-18-10-14-23(15-11-18)16-12-20(13-17-23)19-6-8-21(22)9-7-19/h6-9,18,20H,2-5,10-17H2,1H3. The molecule has 0 N–H and O–H groups in total. The topological polar surface area (TPSA) is 0 Å². The van der Waals surface area contributed by atoms with Crippen LogP contribution in [0.3, 0.4) is 0 Å². The van der Waals surface area contributed by atoms with E-state index >= 15 is 0 Å². The summed E-state index contributed by atoms with van der Waals surface area (Å²) in [7, 11) is -0.919. The molecule has 0 nitrogen and oxygen atoms in total. The zero-order valence-corrected chi connectivity index (χ0v) is 15.8. The summed E-state index contributed by atoms with van der Waals surface area (Å²) in [5.41, 5.74) is 1.38. The van der Waals surface area contributed by atoms with Crippen LogP contribution in [0.25, 0.3) is 0 Å². The average molecular weight is 333 g/mol. The Morgan fingerprint density at radius 3 is 2.13 bits per heavy atom. The van der Waals surface area contributed by atoms with E-state index in [0.29, 0.717) is 5.92 Å². The van der Waals surface area contributed by atoms with Crippen molar-refractivity contribution in [3.63, 3.8) is 0 Å². The van der Waals surface area contributed by atoms with Crippen molar-refractivity contribution in [2.45, 2.75) is 88.4 Å². The molecule has 2 aliphatic heterocycles. The van der Waals surface area contributed by atoms with Crippen molar-refractivity contribution in [1.29, 1.82) is 0 Å². The van der Waals surface area contributed by atoms with Gasteiger partial charge in [0.2, 0.25) is 0 Å². The molecule has 3 rings (SSSR count). The Balaban J connectivity index is 1.46. The molecule has 2 fully saturated rings. The SMILES string of the molecule is CCCCCC1CC[Si]2(CC1)CCC(c1ccc(F)cc1)CC2. The van der Waals surface area contributed by atoms with Crippen LogP contribution in [0, 0.1) is 11.7 Å². The minimum atomic E-state index is -0.919. The number of benzene rings is 1. The van der Waals surface area contributed by atoms with Gasteiger partial charge in [0.15, 0.2) is 0 Å². The molecule has 1 spiro atoms. The monoisotopic (exact) mass is 332 g/mol. The van der Waals surface area contributed by atoms with E-state index in [2.05, 4.69) is 6.92 Å². The quantitative estimate of drug-likeness (QED) is 0.397. The highest BCUT2D eigenvalue weighted by Gasteiger charge is 2.40. The van der Waals surface area contributed by atoms with Crippen LogP contribution in [-0.2, 0) is 0 Å². The first-order chi connectivity index (χ1) is 11.2. The van der Waals surface area contributed by atoms with Gasteiger partial charge in [-0.25, -0.2) is 4.39 Å². The first-order valence-electron chi connectivity index (χ1n) is 9.96. The maximum atomic E-state index is 13.1. The zero-order valence-electron chi connectivity index (χ0n) is 14.8. The van der Waals surface area contributed by atoms with Crippen molar-refractivity contribution in [2.75, 3.05) is 0 Å². The van der Waals surface area contributed by atoms with Gasteiger partial charge in [0, 0.05) is 0 Å². The van der Waals surface area contributed by atoms with E-state index in [1.807, 2.05) is 12.1 Å². The number of hydrogen-bond donors (Lipinski definition) is 0. The summed E-state index contributed by atoms with van der Waals surface area (Å²) >= 11 is 0. The van der Waals surface area contributed by atoms with Crippen LogP contribution in [0.5, 0.6) is 0 Å². The molecule has 0 radical (unpaired) electrons. The molecule has 0 aromatic heterocycles. The lowest BCUT2D eigenvalue weighted by Crippen LogP contribution is -2.41. The van der Waals surface area contributed by atoms with Crippen LogP contribution in [0.15, 0.2) is 24.3 Å². The number of unbranched alkanes of at least 4 members (excludes halogenated alkanes) is 2. The van der Waals surface area contributed by atoms with Crippen molar-refractivity contribution in [3.8, 4) is 0 Å². The molecule has 0 saturated carbocycles. The molecule has 0 amide bonds. The minimum absolute atomic E-state index is 0.100. The Morgan fingerprint density at radius 2 is 1.52 bits per heavy atom. The van der Waals surface area contributed by atoms with Crippen LogP contribution in [0.1, 0.15) is 69.8 Å². The van der Waals surface area contributed by atoms with Gasteiger partial charge in [0.1, 0.15) is 5.82 Å². The van der Waals surface area contributed by atoms with E-state index in [9.17, 15) is 4.39 Å². The van der Waals surface area contributed by atoms with Gasteiger partial charge in [0.25, 0.3) is 0 Å². The fourth-order valence-electron chi connectivity index (χ4n) is 5.06. The molecule has 1 aromatic carbocycles. The Kier molecular flexibility index (Phi) is 5.95. The molecule has 2 aliphatic rings. The lowest BCUT2D eigenvalue weighted by molar-refractivity contribution is 0.407. The van der Waals surface area contributed by atoms with E-state index in [0.717, 1.165) is 5.92 Å². The highest BCUT2D eigenvalue weighted by Crippen LogP contribution is 2.47. The normalized spacial score (nSPS) is 31.4. The predicted molar refractivity (Wildman–Crippen MR) is 100 cm³/mol. The molecule has 2 saturated heterocycles. The van der Waals surface area contributed by atoms with E-state index < -0.39 is 8.07 Å². The van der Waals surface area contributed by atoms with E-state index in [1.165, 1.54) is 69.0 Å². The smallest absolute Gasteiger partial charge is 0.123 e. The minimum Gasteiger partial charge on any atom is -0.207 e. The second-order valence-corrected chi connectivity index (χ2v) is 13.3.